The summed E-state index contributed by atoms with van der Waals surface area (Å²) in [5, 5.41) is 28.8. The van der Waals surface area contributed by atoms with Crippen molar-refractivity contribution in [2.75, 3.05) is 45.0 Å². The number of hydrogen-bond acceptors (Lipinski definition) is 8. The lowest BCUT2D eigenvalue weighted by Crippen LogP contribution is -2.45. The Kier molecular flexibility index (Phi) is 8.52. The maximum atomic E-state index is 12.3. The van der Waals surface area contributed by atoms with Gasteiger partial charge in [0.05, 0.1) is 24.5 Å². The van der Waals surface area contributed by atoms with Gasteiger partial charge in [-0.3, -0.25) is 34.1 Å². The van der Waals surface area contributed by atoms with E-state index in [1.807, 2.05) is 6.07 Å². The molecule has 0 saturated heterocycles. The third kappa shape index (κ3) is 7.24. The van der Waals surface area contributed by atoms with Gasteiger partial charge in [0.15, 0.2) is 0 Å². The zero-order valence-corrected chi connectivity index (χ0v) is 18.7. The number of carboxylic acids is 3. The molecule has 1 aliphatic rings. The number of nitrogen functional groups attached to an aromatic ring is 1. The highest BCUT2D eigenvalue weighted by Gasteiger charge is 2.29. The summed E-state index contributed by atoms with van der Waals surface area (Å²) in [6.45, 7) is 1.20. The van der Waals surface area contributed by atoms with Crippen LogP contribution in [0.4, 0.5) is 5.69 Å². The molecule has 2 heterocycles. The van der Waals surface area contributed by atoms with E-state index in [0.717, 1.165) is 0 Å². The van der Waals surface area contributed by atoms with Crippen molar-refractivity contribution in [1.82, 2.24) is 19.7 Å². The highest BCUT2D eigenvalue weighted by atomic mass is 16.4. The minimum absolute atomic E-state index is 0.218. The summed E-state index contributed by atoms with van der Waals surface area (Å²) in [6.07, 6.45) is 0. The second kappa shape index (κ2) is 11.5. The molecule has 34 heavy (non-hydrogen) atoms. The topological polar surface area (TPSA) is 161 Å². The van der Waals surface area contributed by atoms with Crippen LogP contribution in [0, 0.1) is 0 Å². The molecule has 0 radical (unpaired) electrons. The molecule has 2 bridgehead atoms. The molecule has 3 rings (SSSR count). The molecule has 1 atom stereocenters. The second-order valence-corrected chi connectivity index (χ2v) is 8.27. The van der Waals surface area contributed by atoms with E-state index < -0.39 is 23.9 Å². The van der Waals surface area contributed by atoms with Gasteiger partial charge < -0.3 is 21.1 Å². The zero-order chi connectivity index (χ0) is 24.7. The number of fused-ring (bicyclic) bond motifs is 2. The van der Waals surface area contributed by atoms with Crippen molar-refractivity contribution in [2.24, 2.45) is 0 Å². The fourth-order valence-corrected chi connectivity index (χ4v) is 4.07. The molecule has 1 aliphatic heterocycles. The van der Waals surface area contributed by atoms with Crippen molar-refractivity contribution < 1.29 is 29.7 Å². The highest BCUT2D eigenvalue weighted by molar-refractivity contribution is 5.76. The Labute approximate surface area is 197 Å². The summed E-state index contributed by atoms with van der Waals surface area (Å²) in [6, 6.07) is 11.0. The van der Waals surface area contributed by atoms with Crippen molar-refractivity contribution in [1.29, 1.82) is 0 Å². The van der Waals surface area contributed by atoms with Crippen molar-refractivity contribution in [2.45, 2.75) is 19.1 Å². The Hall–Kier alpha value is -3.54. The average Bonchev–Trinajstić information content (AvgIpc) is 2.75. The average molecular weight is 472 g/mol. The molecule has 1 aromatic heterocycles. The number of carbonyl (C=O) groups is 3. The van der Waals surface area contributed by atoms with Crippen molar-refractivity contribution in [3.63, 3.8) is 0 Å². The number of rotatable bonds is 7. The Bertz CT molecular complexity index is 970. The first-order chi connectivity index (χ1) is 16.2. The monoisotopic (exact) mass is 471 g/mol. The second-order valence-electron chi connectivity index (χ2n) is 8.27. The number of anilines is 1. The van der Waals surface area contributed by atoms with Gasteiger partial charge in [-0.15, -0.1) is 0 Å². The van der Waals surface area contributed by atoms with E-state index in [1.54, 1.807) is 51.1 Å². The molecule has 0 aliphatic carbocycles. The quantitative estimate of drug-likeness (QED) is 0.418. The number of nitrogens with zero attached hydrogens (tertiary/aromatic N) is 4. The lowest BCUT2D eigenvalue weighted by molar-refractivity contribution is -0.145. The first-order valence-electron chi connectivity index (χ1n) is 10.9. The van der Waals surface area contributed by atoms with Crippen molar-refractivity contribution in [3.05, 3.63) is 59.4 Å². The van der Waals surface area contributed by atoms with Gasteiger partial charge in [0.1, 0.15) is 6.04 Å². The maximum absolute atomic E-state index is 12.3. The van der Waals surface area contributed by atoms with E-state index in [9.17, 15) is 29.7 Å². The van der Waals surface area contributed by atoms with Crippen LogP contribution in [0.2, 0.25) is 0 Å². The van der Waals surface area contributed by atoms with Gasteiger partial charge in [-0.05, 0) is 29.8 Å². The molecule has 1 unspecified atom stereocenters. The highest BCUT2D eigenvalue weighted by Crippen LogP contribution is 2.23. The summed E-state index contributed by atoms with van der Waals surface area (Å²) >= 11 is 0. The van der Waals surface area contributed by atoms with E-state index in [4.69, 9.17) is 5.73 Å². The fraction of sp³-hybridized carbons (Fsp3) is 0.391. The summed E-state index contributed by atoms with van der Waals surface area (Å²) < 4.78 is 0. The summed E-state index contributed by atoms with van der Waals surface area (Å²) in [5.41, 5.74) is 8.13. The molecule has 0 spiro atoms. The van der Waals surface area contributed by atoms with Crippen molar-refractivity contribution in [3.8, 4) is 0 Å². The van der Waals surface area contributed by atoms with E-state index in [1.165, 1.54) is 0 Å². The molecule has 1 aromatic carbocycles. The van der Waals surface area contributed by atoms with Crippen LogP contribution < -0.4 is 5.73 Å². The Morgan fingerprint density at radius 3 is 1.76 bits per heavy atom. The first kappa shape index (κ1) is 25.1. The number of carboxylic acid groups (broad SMARTS) is 3. The smallest absolute Gasteiger partial charge is 0.325 e. The summed E-state index contributed by atoms with van der Waals surface area (Å²) in [4.78, 5) is 44.9. The van der Waals surface area contributed by atoms with Gasteiger partial charge in [-0.2, -0.15) is 0 Å². The van der Waals surface area contributed by atoms with Gasteiger partial charge in [-0.1, -0.05) is 18.2 Å². The lowest BCUT2D eigenvalue weighted by Gasteiger charge is -2.33. The summed E-state index contributed by atoms with van der Waals surface area (Å²) in [7, 11) is 0. The predicted molar refractivity (Wildman–Crippen MR) is 123 cm³/mol. The predicted octanol–water partition coefficient (Wildman–Crippen LogP) is 0.579. The molecular weight excluding hydrogens is 442 g/mol. The van der Waals surface area contributed by atoms with Crippen LogP contribution in [0.25, 0.3) is 0 Å². The molecule has 0 fully saturated rings. The van der Waals surface area contributed by atoms with E-state index in [0.29, 0.717) is 22.6 Å². The van der Waals surface area contributed by atoms with Crippen LogP contribution in [-0.4, -0.2) is 92.2 Å². The standard InChI is InChI=1S/C23H29N5O6/c24-17-6-4-16(5-7-17)22(23(33)34)28-10-8-26(14-20(29)30)12-18-2-1-3-19(25-18)13-27(9-11-28)15-21(31)32/h1-7,22H,8-15,24H2,(H,29,30)(H,31,32)(H,33,34). The van der Waals surface area contributed by atoms with Crippen LogP contribution in [0.15, 0.2) is 42.5 Å². The number of nitrogens with two attached hydrogens (primary N) is 1. The number of aliphatic carboxylic acids is 3. The third-order valence-corrected chi connectivity index (χ3v) is 5.61. The van der Waals surface area contributed by atoms with E-state index in [2.05, 4.69) is 4.98 Å². The molecule has 11 heteroatoms. The maximum Gasteiger partial charge on any atom is 0.325 e. The molecular formula is C23H29N5O6. The van der Waals surface area contributed by atoms with Crippen LogP contribution in [-0.2, 0) is 27.5 Å². The van der Waals surface area contributed by atoms with Crippen LogP contribution in [0.5, 0.6) is 0 Å². The van der Waals surface area contributed by atoms with E-state index >= 15 is 0 Å². The molecule has 0 saturated carbocycles. The van der Waals surface area contributed by atoms with Gasteiger partial charge in [0.2, 0.25) is 0 Å². The van der Waals surface area contributed by atoms with Gasteiger partial charge in [0, 0.05) is 45.0 Å². The van der Waals surface area contributed by atoms with Crippen LogP contribution in [0.1, 0.15) is 23.0 Å². The minimum Gasteiger partial charge on any atom is -0.480 e. The Morgan fingerprint density at radius 1 is 0.824 bits per heavy atom. The molecule has 2 aromatic rings. The lowest BCUT2D eigenvalue weighted by atomic mass is 10.0. The zero-order valence-electron chi connectivity index (χ0n) is 18.7. The number of hydrogen-bond donors (Lipinski definition) is 4. The van der Waals surface area contributed by atoms with Crippen LogP contribution >= 0.6 is 0 Å². The van der Waals surface area contributed by atoms with Crippen LogP contribution in [0.3, 0.4) is 0 Å². The third-order valence-electron chi connectivity index (χ3n) is 5.61. The molecule has 5 N–H and O–H groups in total. The molecule has 0 amide bonds. The number of pyridine rings is 1. The summed E-state index contributed by atoms with van der Waals surface area (Å²) in [5.74, 6) is -3.04. The largest absolute Gasteiger partial charge is 0.480 e. The SMILES string of the molecule is Nc1ccc(C(C(=O)O)N2CCN(CC(=O)O)Cc3cccc(n3)CN(CC(=O)O)CC2)cc1. The fourth-order valence-electron chi connectivity index (χ4n) is 4.07. The molecule has 182 valence electrons. The Morgan fingerprint density at radius 2 is 1.32 bits per heavy atom. The number of benzene rings is 1. The number of aromatic nitrogens is 1. The normalized spacial score (nSPS) is 17.3. The van der Waals surface area contributed by atoms with Gasteiger partial charge in [0.25, 0.3) is 0 Å². The van der Waals surface area contributed by atoms with Crippen molar-refractivity contribution >= 4 is 23.6 Å². The van der Waals surface area contributed by atoms with E-state index in [-0.39, 0.29) is 52.4 Å². The Balaban J connectivity index is 1.95. The minimum atomic E-state index is -1.06. The first-order valence-corrected chi connectivity index (χ1v) is 10.9. The van der Waals surface area contributed by atoms with Gasteiger partial charge >= 0.3 is 17.9 Å². The van der Waals surface area contributed by atoms with Gasteiger partial charge in [-0.25, -0.2) is 0 Å². The molecule has 11 nitrogen and oxygen atoms in total.